The molecule has 174 valence electrons. The monoisotopic (exact) mass is 444 g/mol. The van der Waals surface area contributed by atoms with Crippen LogP contribution >= 0.6 is 0 Å². The summed E-state index contributed by atoms with van der Waals surface area (Å²) in [6.45, 7) is 7.27. The highest BCUT2D eigenvalue weighted by Gasteiger charge is 2.29. The first-order chi connectivity index (χ1) is 15.4. The molecule has 1 aromatic carbocycles. The summed E-state index contributed by atoms with van der Waals surface area (Å²) < 4.78 is 5.28. The van der Waals surface area contributed by atoms with Gasteiger partial charge >= 0.3 is 6.09 Å². The molecule has 32 heavy (non-hydrogen) atoms. The van der Waals surface area contributed by atoms with Gasteiger partial charge in [0.05, 0.1) is 0 Å². The average molecular weight is 445 g/mol. The molecule has 0 aliphatic carbocycles. The van der Waals surface area contributed by atoms with E-state index in [4.69, 9.17) is 4.74 Å². The Hall–Kier alpha value is -3.36. The number of benzene rings is 1. The number of hydrogen-bond acceptors (Lipinski definition) is 5. The van der Waals surface area contributed by atoms with Crippen molar-refractivity contribution in [2.45, 2.75) is 38.8 Å². The Morgan fingerprint density at radius 2 is 1.72 bits per heavy atom. The molecule has 0 radical (unpaired) electrons. The van der Waals surface area contributed by atoms with Crippen LogP contribution in [0.15, 0.2) is 43.0 Å². The third-order valence-corrected chi connectivity index (χ3v) is 5.24. The third kappa shape index (κ3) is 8.41. The molecule has 2 rings (SSSR count). The molecule has 2 N–H and O–H groups in total. The second kappa shape index (κ2) is 13.1. The Bertz CT molecular complexity index is 791. The number of rotatable bonds is 10. The van der Waals surface area contributed by atoms with Crippen LogP contribution in [0.4, 0.5) is 4.79 Å². The first kappa shape index (κ1) is 24.9. The topological polar surface area (TPSA) is 108 Å². The minimum absolute atomic E-state index is 0.0159. The number of nitrogens with zero attached hydrogens (tertiary/aromatic N) is 2. The molecule has 0 unspecified atom stereocenters. The van der Waals surface area contributed by atoms with Gasteiger partial charge in [-0.1, -0.05) is 36.9 Å². The van der Waals surface area contributed by atoms with E-state index in [0.717, 1.165) is 5.56 Å². The van der Waals surface area contributed by atoms with Crippen molar-refractivity contribution in [1.82, 2.24) is 20.4 Å². The molecule has 9 nitrogen and oxygen atoms in total. The van der Waals surface area contributed by atoms with E-state index in [1.807, 2.05) is 30.3 Å². The lowest BCUT2D eigenvalue weighted by Crippen LogP contribution is -2.55. The van der Waals surface area contributed by atoms with Crippen LogP contribution in [0.3, 0.4) is 0 Å². The Morgan fingerprint density at radius 1 is 1.06 bits per heavy atom. The Morgan fingerprint density at radius 3 is 2.34 bits per heavy atom. The molecule has 1 atom stereocenters. The number of amides is 4. The predicted octanol–water partition coefficient (Wildman–Crippen LogP) is 1.44. The van der Waals surface area contributed by atoms with Gasteiger partial charge in [-0.25, -0.2) is 4.79 Å². The summed E-state index contributed by atoms with van der Waals surface area (Å²) in [6, 6.07) is 8.55. The summed E-state index contributed by atoms with van der Waals surface area (Å²) >= 11 is 0. The molecule has 1 aliphatic heterocycles. The van der Waals surface area contributed by atoms with Gasteiger partial charge in [0.15, 0.2) is 0 Å². The highest BCUT2D eigenvalue weighted by atomic mass is 16.5. The van der Waals surface area contributed by atoms with E-state index >= 15 is 0 Å². The second-order valence-electron chi connectivity index (χ2n) is 7.58. The summed E-state index contributed by atoms with van der Waals surface area (Å²) in [5.74, 6) is -0.457. The van der Waals surface area contributed by atoms with Gasteiger partial charge in [0.25, 0.3) is 0 Å². The van der Waals surface area contributed by atoms with Gasteiger partial charge < -0.3 is 25.2 Å². The van der Waals surface area contributed by atoms with E-state index in [1.165, 1.54) is 13.0 Å². The van der Waals surface area contributed by atoms with Gasteiger partial charge in [-0.3, -0.25) is 14.4 Å². The molecule has 1 fully saturated rings. The lowest BCUT2D eigenvalue weighted by atomic mass is 10.1. The van der Waals surface area contributed by atoms with Crippen LogP contribution in [0.2, 0.25) is 0 Å². The average Bonchev–Trinajstić information content (AvgIpc) is 2.81. The summed E-state index contributed by atoms with van der Waals surface area (Å²) in [4.78, 5) is 51.6. The lowest BCUT2D eigenvalue weighted by molar-refractivity contribution is -0.139. The fourth-order valence-corrected chi connectivity index (χ4v) is 3.38. The minimum Gasteiger partial charge on any atom is -0.445 e. The van der Waals surface area contributed by atoms with Gasteiger partial charge in [-0.15, -0.1) is 0 Å². The molecule has 9 heteroatoms. The van der Waals surface area contributed by atoms with Gasteiger partial charge in [-0.2, -0.15) is 0 Å². The minimum atomic E-state index is -0.739. The predicted molar refractivity (Wildman–Crippen MR) is 119 cm³/mol. The van der Waals surface area contributed by atoms with Crippen LogP contribution in [-0.2, 0) is 25.7 Å². The largest absolute Gasteiger partial charge is 0.445 e. The van der Waals surface area contributed by atoms with Crippen molar-refractivity contribution in [3.63, 3.8) is 0 Å². The summed E-state index contributed by atoms with van der Waals surface area (Å²) in [5.41, 5.74) is 0.851. The van der Waals surface area contributed by atoms with Gasteiger partial charge in [0, 0.05) is 39.6 Å². The van der Waals surface area contributed by atoms with E-state index < -0.39 is 12.1 Å². The third-order valence-electron chi connectivity index (χ3n) is 5.24. The first-order valence-electron chi connectivity index (χ1n) is 10.8. The zero-order chi connectivity index (χ0) is 23.3. The van der Waals surface area contributed by atoms with Crippen molar-refractivity contribution in [3.8, 4) is 0 Å². The van der Waals surface area contributed by atoms with Crippen molar-refractivity contribution in [3.05, 3.63) is 48.6 Å². The zero-order valence-electron chi connectivity index (χ0n) is 18.5. The molecular weight excluding hydrogens is 412 g/mol. The Balaban J connectivity index is 1.89. The summed E-state index contributed by atoms with van der Waals surface area (Å²) in [7, 11) is 0. The number of nitrogens with one attached hydrogen (secondary N) is 2. The number of alkyl carbamates (subject to hydrolysis) is 1. The van der Waals surface area contributed by atoms with E-state index in [-0.39, 0.29) is 24.3 Å². The smallest absolute Gasteiger partial charge is 0.408 e. The number of piperazine rings is 1. The zero-order valence-corrected chi connectivity index (χ0v) is 18.5. The SMILES string of the molecule is C=CC(=O)NCCCC[C@H](NC(=O)OCc1ccccc1)C(=O)N1CCN(C(C)=O)CC1. The second-order valence-corrected chi connectivity index (χ2v) is 7.58. The number of carbonyl (C=O) groups excluding carboxylic acids is 4. The van der Waals surface area contributed by atoms with E-state index in [1.54, 1.807) is 9.80 Å². The fourth-order valence-electron chi connectivity index (χ4n) is 3.38. The standard InChI is InChI=1S/C23H32N4O5/c1-3-21(29)24-12-8-7-11-20(22(30)27-15-13-26(14-16-27)18(2)28)25-23(31)32-17-19-9-5-4-6-10-19/h3-6,9-10,20H,1,7-8,11-17H2,2H3,(H,24,29)(H,25,31)/t20-/m0/s1. The lowest BCUT2D eigenvalue weighted by Gasteiger charge is -2.36. The maximum atomic E-state index is 13.1. The van der Waals surface area contributed by atoms with Gasteiger partial charge in [-0.05, 0) is 30.9 Å². The van der Waals surface area contributed by atoms with Crippen LogP contribution in [0.5, 0.6) is 0 Å². The molecule has 0 aromatic heterocycles. The van der Waals surface area contributed by atoms with Crippen molar-refractivity contribution < 1.29 is 23.9 Å². The summed E-state index contributed by atoms with van der Waals surface area (Å²) in [5, 5.41) is 5.38. The first-order valence-corrected chi connectivity index (χ1v) is 10.8. The number of ether oxygens (including phenoxy) is 1. The molecular formula is C23H32N4O5. The van der Waals surface area contributed by atoms with Crippen LogP contribution in [-0.4, -0.2) is 72.4 Å². The van der Waals surface area contributed by atoms with Crippen molar-refractivity contribution in [2.24, 2.45) is 0 Å². The van der Waals surface area contributed by atoms with Gasteiger partial charge in [0.1, 0.15) is 12.6 Å². The number of hydrogen-bond donors (Lipinski definition) is 2. The maximum absolute atomic E-state index is 13.1. The molecule has 1 aliphatic rings. The van der Waals surface area contributed by atoms with Crippen LogP contribution in [0, 0.1) is 0 Å². The fraction of sp³-hybridized carbons (Fsp3) is 0.478. The Kier molecular flexibility index (Phi) is 10.2. The Labute approximate surface area is 188 Å². The molecule has 0 bridgehead atoms. The normalized spacial score (nSPS) is 14.3. The number of carbonyl (C=O) groups is 4. The molecule has 1 saturated heterocycles. The van der Waals surface area contributed by atoms with Crippen molar-refractivity contribution in [1.29, 1.82) is 0 Å². The quantitative estimate of drug-likeness (QED) is 0.419. The van der Waals surface area contributed by atoms with Gasteiger partial charge in [0.2, 0.25) is 17.7 Å². The van der Waals surface area contributed by atoms with Crippen LogP contribution in [0.25, 0.3) is 0 Å². The molecule has 1 aromatic rings. The highest BCUT2D eigenvalue weighted by Crippen LogP contribution is 2.10. The molecule has 1 heterocycles. The molecule has 0 spiro atoms. The highest BCUT2D eigenvalue weighted by molar-refractivity contribution is 5.87. The molecule has 4 amide bonds. The number of unbranched alkanes of at least 4 members (excludes halogenated alkanes) is 1. The van der Waals surface area contributed by atoms with E-state index in [0.29, 0.717) is 52.0 Å². The van der Waals surface area contributed by atoms with Crippen molar-refractivity contribution in [2.75, 3.05) is 32.7 Å². The summed E-state index contributed by atoms with van der Waals surface area (Å²) in [6.07, 6.45) is 2.24. The van der Waals surface area contributed by atoms with Crippen molar-refractivity contribution >= 4 is 23.8 Å². The van der Waals surface area contributed by atoms with Crippen LogP contribution < -0.4 is 10.6 Å². The van der Waals surface area contributed by atoms with E-state index in [2.05, 4.69) is 17.2 Å². The van der Waals surface area contributed by atoms with Crippen LogP contribution in [0.1, 0.15) is 31.7 Å². The molecule has 0 saturated carbocycles. The maximum Gasteiger partial charge on any atom is 0.408 e. The van der Waals surface area contributed by atoms with E-state index in [9.17, 15) is 19.2 Å².